The fraction of sp³-hybridized carbons (Fsp3) is 0.222. The van der Waals surface area contributed by atoms with Gasteiger partial charge in [-0.05, 0) is 48.4 Å². The molecule has 124 valence electrons. The fourth-order valence-electron chi connectivity index (χ4n) is 2.76. The first-order valence-electron chi connectivity index (χ1n) is 7.64. The molecule has 1 atom stereocenters. The summed E-state index contributed by atoms with van der Waals surface area (Å²) in [5.74, 6) is -2.22. The molecule has 24 heavy (non-hydrogen) atoms. The van der Waals surface area contributed by atoms with E-state index < -0.39 is 5.92 Å². The molecule has 0 spiro atoms. The van der Waals surface area contributed by atoms with E-state index in [4.69, 9.17) is 0 Å². The van der Waals surface area contributed by atoms with E-state index in [0.29, 0.717) is 24.2 Å². The van der Waals surface area contributed by atoms with Gasteiger partial charge < -0.3 is 10.2 Å². The van der Waals surface area contributed by atoms with Crippen molar-refractivity contribution in [3.63, 3.8) is 0 Å². The van der Waals surface area contributed by atoms with Gasteiger partial charge in [-0.3, -0.25) is 9.59 Å². The third-order valence-electron chi connectivity index (χ3n) is 4.02. The SMILES string of the molecule is O=C(NCc1cccc(F)c1)[C@H]1CCN(c2ccc(F)cc2)C1=O. The van der Waals surface area contributed by atoms with Gasteiger partial charge in [0.25, 0.3) is 0 Å². The van der Waals surface area contributed by atoms with Gasteiger partial charge in [0.05, 0.1) is 0 Å². The molecule has 2 aromatic rings. The Kier molecular flexibility index (Phi) is 4.55. The van der Waals surface area contributed by atoms with Gasteiger partial charge in [0.15, 0.2) is 0 Å². The molecule has 2 amide bonds. The number of carbonyl (C=O) groups excluding carboxylic acids is 2. The molecule has 0 saturated carbocycles. The highest BCUT2D eigenvalue weighted by Crippen LogP contribution is 2.25. The molecule has 2 aromatic carbocycles. The first-order valence-corrected chi connectivity index (χ1v) is 7.64. The molecule has 1 aliphatic rings. The van der Waals surface area contributed by atoms with Gasteiger partial charge in [-0.2, -0.15) is 0 Å². The van der Waals surface area contributed by atoms with E-state index >= 15 is 0 Å². The summed E-state index contributed by atoms with van der Waals surface area (Å²) in [7, 11) is 0. The average molecular weight is 330 g/mol. The summed E-state index contributed by atoms with van der Waals surface area (Å²) in [5.41, 5.74) is 1.20. The second-order valence-electron chi connectivity index (χ2n) is 5.66. The molecule has 0 unspecified atom stereocenters. The molecule has 1 saturated heterocycles. The standard InChI is InChI=1S/C18H16F2N2O2/c19-13-4-6-15(7-5-13)22-9-8-16(18(22)24)17(23)21-11-12-2-1-3-14(20)10-12/h1-7,10,16H,8-9,11H2,(H,21,23)/t16-/m1/s1. The number of nitrogens with zero attached hydrogens (tertiary/aromatic N) is 1. The molecule has 0 aromatic heterocycles. The number of hydrogen-bond acceptors (Lipinski definition) is 2. The molecular weight excluding hydrogens is 314 g/mol. The average Bonchev–Trinajstić information content (AvgIpc) is 2.95. The van der Waals surface area contributed by atoms with Crippen LogP contribution >= 0.6 is 0 Å². The summed E-state index contributed by atoms with van der Waals surface area (Å²) in [6.45, 7) is 0.569. The zero-order valence-corrected chi connectivity index (χ0v) is 12.8. The van der Waals surface area contributed by atoms with Crippen LogP contribution in [0.3, 0.4) is 0 Å². The lowest BCUT2D eigenvalue weighted by atomic mass is 10.1. The second kappa shape index (κ2) is 6.78. The van der Waals surface area contributed by atoms with Crippen LogP contribution < -0.4 is 10.2 Å². The number of benzene rings is 2. The Morgan fingerprint density at radius 2 is 1.88 bits per heavy atom. The minimum atomic E-state index is -0.774. The smallest absolute Gasteiger partial charge is 0.239 e. The van der Waals surface area contributed by atoms with E-state index in [0.717, 1.165) is 0 Å². The lowest BCUT2D eigenvalue weighted by Crippen LogP contribution is -2.36. The highest BCUT2D eigenvalue weighted by atomic mass is 19.1. The van der Waals surface area contributed by atoms with Crippen LogP contribution in [0.5, 0.6) is 0 Å². The summed E-state index contributed by atoms with van der Waals surface area (Å²) in [6.07, 6.45) is 0.394. The Morgan fingerprint density at radius 3 is 2.58 bits per heavy atom. The monoisotopic (exact) mass is 330 g/mol. The second-order valence-corrected chi connectivity index (χ2v) is 5.66. The number of carbonyl (C=O) groups is 2. The van der Waals surface area contributed by atoms with Crippen molar-refractivity contribution < 1.29 is 18.4 Å². The van der Waals surface area contributed by atoms with E-state index in [1.807, 2.05) is 0 Å². The van der Waals surface area contributed by atoms with Crippen molar-refractivity contribution in [2.24, 2.45) is 5.92 Å². The topological polar surface area (TPSA) is 49.4 Å². The third kappa shape index (κ3) is 3.42. The summed E-state index contributed by atoms with van der Waals surface area (Å²) in [4.78, 5) is 26.1. The van der Waals surface area contributed by atoms with Gasteiger partial charge in [-0.15, -0.1) is 0 Å². The largest absolute Gasteiger partial charge is 0.351 e. The molecule has 1 heterocycles. The Morgan fingerprint density at radius 1 is 1.12 bits per heavy atom. The Bertz CT molecular complexity index is 762. The molecule has 3 rings (SSSR count). The fourth-order valence-corrected chi connectivity index (χ4v) is 2.76. The number of halogens is 2. The molecule has 1 fully saturated rings. The third-order valence-corrected chi connectivity index (χ3v) is 4.02. The Hall–Kier alpha value is -2.76. The molecular formula is C18H16F2N2O2. The lowest BCUT2D eigenvalue weighted by molar-refractivity contribution is -0.132. The summed E-state index contributed by atoms with van der Waals surface area (Å²) < 4.78 is 26.1. The number of nitrogens with one attached hydrogen (secondary N) is 1. The minimum absolute atomic E-state index is 0.164. The van der Waals surface area contributed by atoms with Crippen LogP contribution in [0.4, 0.5) is 14.5 Å². The highest BCUT2D eigenvalue weighted by Gasteiger charge is 2.37. The summed E-state index contributed by atoms with van der Waals surface area (Å²) in [5, 5.41) is 2.67. The lowest BCUT2D eigenvalue weighted by Gasteiger charge is -2.16. The maximum absolute atomic E-state index is 13.1. The number of hydrogen-bond donors (Lipinski definition) is 1. The van der Waals surface area contributed by atoms with Crippen molar-refractivity contribution in [3.05, 3.63) is 65.7 Å². The minimum Gasteiger partial charge on any atom is -0.351 e. The van der Waals surface area contributed by atoms with Crippen molar-refractivity contribution >= 4 is 17.5 Å². The maximum atomic E-state index is 13.1. The predicted octanol–water partition coefficient (Wildman–Crippen LogP) is 2.63. The van der Waals surface area contributed by atoms with Crippen LogP contribution in [0, 0.1) is 17.6 Å². The van der Waals surface area contributed by atoms with Crippen LogP contribution in [0.25, 0.3) is 0 Å². The van der Waals surface area contributed by atoms with Gasteiger partial charge in [-0.25, -0.2) is 8.78 Å². The molecule has 1 aliphatic heterocycles. The highest BCUT2D eigenvalue weighted by molar-refractivity contribution is 6.09. The van der Waals surface area contributed by atoms with E-state index in [2.05, 4.69) is 5.32 Å². The molecule has 4 nitrogen and oxygen atoms in total. The van der Waals surface area contributed by atoms with Gasteiger partial charge >= 0.3 is 0 Å². The summed E-state index contributed by atoms with van der Waals surface area (Å²) >= 11 is 0. The van der Waals surface area contributed by atoms with Gasteiger partial charge in [0.2, 0.25) is 11.8 Å². The van der Waals surface area contributed by atoms with Crippen LogP contribution in [0.15, 0.2) is 48.5 Å². The van der Waals surface area contributed by atoms with Crippen molar-refractivity contribution in [2.75, 3.05) is 11.4 Å². The van der Waals surface area contributed by atoms with Crippen molar-refractivity contribution in [2.45, 2.75) is 13.0 Å². The molecule has 0 radical (unpaired) electrons. The quantitative estimate of drug-likeness (QED) is 0.876. The molecule has 1 N–H and O–H groups in total. The van der Waals surface area contributed by atoms with E-state index in [1.165, 1.54) is 41.3 Å². The van der Waals surface area contributed by atoms with Crippen molar-refractivity contribution in [3.8, 4) is 0 Å². The summed E-state index contributed by atoms with van der Waals surface area (Å²) in [6, 6.07) is 11.5. The molecule has 0 bridgehead atoms. The van der Waals surface area contributed by atoms with Crippen LogP contribution in [0.2, 0.25) is 0 Å². The van der Waals surface area contributed by atoms with Crippen molar-refractivity contribution in [1.82, 2.24) is 5.32 Å². The Labute approximate surface area is 138 Å². The van der Waals surface area contributed by atoms with Gasteiger partial charge in [0.1, 0.15) is 17.6 Å². The normalized spacial score (nSPS) is 17.2. The number of anilines is 1. The first-order chi connectivity index (χ1) is 11.5. The molecule has 0 aliphatic carbocycles. The van der Waals surface area contributed by atoms with Gasteiger partial charge in [0, 0.05) is 18.8 Å². The molecule has 6 heteroatoms. The zero-order chi connectivity index (χ0) is 17.1. The van der Waals surface area contributed by atoms with E-state index in [9.17, 15) is 18.4 Å². The van der Waals surface area contributed by atoms with Crippen LogP contribution in [-0.4, -0.2) is 18.4 Å². The van der Waals surface area contributed by atoms with E-state index in [-0.39, 0.29) is 30.0 Å². The zero-order valence-electron chi connectivity index (χ0n) is 12.8. The van der Waals surface area contributed by atoms with Crippen molar-refractivity contribution in [1.29, 1.82) is 0 Å². The Balaban J connectivity index is 1.62. The van der Waals surface area contributed by atoms with Gasteiger partial charge in [-0.1, -0.05) is 12.1 Å². The predicted molar refractivity (Wildman–Crippen MR) is 85.1 cm³/mol. The van der Waals surface area contributed by atoms with Crippen LogP contribution in [0.1, 0.15) is 12.0 Å². The van der Waals surface area contributed by atoms with Crippen LogP contribution in [-0.2, 0) is 16.1 Å². The first kappa shape index (κ1) is 16.1. The number of amides is 2. The number of rotatable bonds is 4. The maximum Gasteiger partial charge on any atom is 0.239 e. The van der Waals surface area contributed by atoms with E-state index in [1.54, 1.807) is 12.1 Å².